The quantitative estimate of drug-likeness (QED) is 0.896. The van der Waals surface area contributed by atoms with Gasteiger partial charge in [-0.1, -0.05) is 31.4 Å². The SMILES string of the molecule is CN1OC[C@H](S(=O)(=O)NC2CCCCC2)[C@@H]1c1cccc(F)c1F. The van der Waals surface area contributed by atoms with Crippen molar-refractivity contribution in [3.63, 3.8) is 0 Å². The second-order valence-corrected chi connectivity index (χ2v) is 8.40. The molecular weight excluding hydrogens is 338 g/mol. The predicted molar refractivity (Wildman–Crippen MR) is 85.5 cm³/mol. The average molecular weight is 360 g/mol. The zero-order valence-electron chi connectivity index (χ0n) is 13.5. The van der Waals surface area contributed by atoms with Crippen molar-refractivity contribution in [1.29, 1.82) is 0 Å². The van der Waals surface area contributed by atoms with Crippen LogP contribution in [0.15, 0.2) is 18.2 Å². The van der Waals surface area contributed by atoms with Gasteiger partial charge in [0.1, 0.15) is 5.25 Å². The number of hydroxylamine groups is 2. The molecule has 5 nitrogen and oxygen atoms in total. The normalized spacial score (nSPS) is 26.8. The van der Waals surface area contributed by atoms with Crippen LogP contribution in [0.4, 0.5) is 8.78 Å². The highest BCUT2D eigenvalue weighted by atomic mass is 32.2. The van der Waals surface area contributed by atoms with Crippen LogP contribution in [0.25, 0.3) is 0 Å². The Balaban J connectivity index is 1.86. The van der Waals surface area contributed by atoms with Crippen LogP contribution in [-0.4, -0.2) is 38.4 Å². The van der Waals surface area contributed by atoms with Crippen molar-refractivity contribution in [3.8, 4) is 0 Å². The Morgan fingerprint density at radius 1 is 1.21 bits per heavy atom. The molecule has 0 unspecified atom stereocenters. The van der Waals surface area contributed by atoms with Crippen LogP contribution < -0.4 is 4.72 Å². The number of sulfonamides is 1. The summed E-state index contributed by atoms with van der Waals surface area (Å²) in [7, 11) is -2.19. The summed E-state index contributed by atoms with van der Waals surface area (Å²) in [6.07, 6.45) is 4.72. The number of hydrogen-bond acceptors (Lipinski definition) is 4. The second-order valence-electron chi connectivity index (χ2n) is 6.47. The second kappa shape index (κ2) is 7.03. The molecule has 0 aromatic heterocycles. The Morgan fingerprint density at radius 2 is 1.92 bits per heavy atom. The molecule has 1 saturated carbocycles. The van der Waals surface area contributed by atoms with E-state index in [-0.39, 0.29) is 18.2 Å². The summed E-state index contributed by atoms with van der Waals surface area (Å²) in [6, 6.07) is 2.81. The maximum absolute atomic E-state index is 14.2. The lowest BCUT2D eigenvalue weighted by atomic mass is 9.96. The van der Waals surface area contributed by atoms with Crippen molar-refractivity contribution in [2.45, 2.75) is 49.4 Å². The minimum atomic E-state index is -3.73. The monoisotopic (exact) mass is 360 g/mol. The molecule has 2 aliphatic rings. The minimum absolute atomic E-state index is 0.00554. The maximum Gasteiger partial charge on any atom is 0.219 e. The van der Waals surface area contributed by atoms with Gasteiger partial charge in [-0.2, -0.15) is 5.06 Å². The van der Waals surface area contributed by atoms with Crippen molar-refractivity contribution in [2.75, 3.05) is 13.7 Å². The summed E-state index contributed by atoms with van der Waals surface area (Å²) in [5, 5.41) is 0.309. The molecule has 0 spiro atoms. The van der Waals surface area contributed by atoms with Crippen LogP contribution in [0, 0.1) is 11.6 Å². The fraction of sp³-hybridized carbons (Fsp3) is 0.625. The van der Waals surface area contributed by atoms with Gasteiger partial charge in [-0.3, -0.25) is 4.84 Å². The molecule has 1 N–H and O–H groups in total. The number of benzene rings is 1. The molecule has 1 aliphatic carbocycles. The van der Waals surface area contributed by atoms with Gasteiger partial charge in [0.05, 0.1) is 12.6 Å². The van der Waals surface area contributed by atoms with E-state index in [4.69, 9.17) is 4.84 Å². The van der Waals surface area contributed by atoms with E-state index in [9.17, 15) is 17.2 Å². The van der Waals surface area contributed by atoms with Gasteiger partial charge in [0, 0.05) is 18.7 Å². The minimum Gasteiger partial charge on any atom is -0.297 e. The smallest absolute Gasteiger partial charge is 0.219 e. The zero-order chi connectivity index (χ0) is 17.3. The van der Waals surface area contributed by atoms with Crippen LogP contribution in [0.3, 0.4) is 0 Å². The van der Waals surface area contributed by atoms with Crippen LogP contribution in [0.2, 0.25) is 0 Å². The summed E-state index contributed by atoms with van der Waals surface area (Å²) in [5.41, 5.74) is -0.00554. The van der Waals surface area contributed by atoms with Gasteiger partial charge in [-0.25, -0.2) is 21.9 Å². The zero-order valence-corrected chi connectivity index (χ0v) is 14.4. The molecule has 1 saturated heterocycles. The molecule has 1 heterocycles. The van der Waals surface area contributed by atoms with E-state index in [1.165, 1.54) is 24.2 Å². The lowest BCUT2D eigenvalue weighted by Gasteiger charge is -2.27. The summed E-state index contributed by atoms with van der Waals surface area (Å²) in [5.74, 6) is -2.03. The van der Waals surface area contributed by atoms with Gasteiger partial charge < -0.3 is 0 Å². The standard InChI is InChI=1S/C16H22F2N2O3S/c1-20-16(12-8-5-9-13(17)15(12)18)14(10-23-20)24(21,22)19-11-6-3-2-4-7-11/h5,8-9,11,14,16,19H,2-4,6-7,10H2,1H3/t14-,16-/m0/s1. The average Bonchev–Trinajstić information content (AvgIpc) is 2.93. The highest BCUT2D eigenvalue weighted by Gasteiger charge is 2.45. The van der Waals surface area contributed by atoms with Crippen LogP contribution >= 0.6 is 0 Å². The van der Waals surface area contributed by atoms with E-state index in [1.54, 1.807) is 0 Å². The molecule has 0 bridgehead atoms. The third-order valence-electron chi connectivity index (χ3n) is 4.82. The lowest BCUT2D eigenvalue weighted by molar-refractivity contribution is -0.111. The van der Waals surface area contributed by atoms with Gasteiger partial charge in [-0.15, -0.1) is 0 Å². The molecule has 2 fully saturated rings. The summed E-state index contributed by atoms with van der Waals surface area (Å²) >= 11 is 0. The Kier molecular flexibility index (Phi) is 5.19. The fourth-order valence-electron chi connectivity index (χ4n) is 3.54. The van der Waals surface area contributed by atoms with E-state index in [1.807, 2.05) is 0 Å². The molecule has 1 aromatic rings. The van der Waals surface area contributed by atoms with E-state index in [0.717, 1.165) is 38.2 Å². The van der Waals surface area contributed by atoms with E-state index >= 15 is 0 Å². The Hall–Kier alpha value is -1.09. The topological polar surface area (TPSA) is 58.6 Å². The first-order chi connectivity index (χ1) is 11.4. The molecule has 134 valence electrons. The highest BCUT2D eigenvalue weighted by Crippen LogP contribution is 2.35. The Labute approximate surface area is 141 Å². The fourth-order valence-corrected chi connectivity index (χ4v) is 5.31. The van der Waals surface area contributed by atoms with Crippen molar-refractivity contribution in [3.05, 3.63) is 35.4 Å². The van der Waals surface area contributed by atoms with Crippen molar-refractivity contribution in [1.82, 2.24) is 9.79 Å². The Bertz CT molecular complexity index is 693. The number of nitrogens with one attached hydrogen (secondary N) is 1. The van der Waals surface area contributed by atoms with Gasteiger partial charge in [0.25, 0.3) is 0 Å². The van der Waals surface area contributed by atoms with Gasteiger partial charge in [0.2, 0.25) is 10.0 Å². The van der Waals surface area contributed by atoms with Crippen LogP contribution in [0.1, 0.15) is 43.7 Å². The molecule has 3 rings (SSSR count). The first-order valence-corrected chi connectivity index (χ1v) is 9.75. The number of halogens is 2. The summed E-state index contributed by atoms with van der Waals surface area (Å²) < 4.78 is 56.1. The molecule has 8 heteroatoms. The van der Waals surface area contributed by atoms with Gasteiger partial charge >= 0.3 is 0 Å². The molecule has 24 heavy (non-hydrogen) atoms. The number of nitrogens with zero attached hydrogens (tertiary/aromatic N) is 1. The van der Waals surface area contributed by atoms with Crippen molar-refractivity contribution in [2.24, 2.45) is 0 Å². The predicted octanol–water partition coefficient (Wildman–Crippen LogP) is 2.50. The van der Waals surface area contributed by atoms with E-state index in [2.05, 4.69) is 4.72 Å². The van der Waals surface area contributed by atoms with Crippen LogP contribution in [-0.2, 0) is 14.9 Å². The van der Waals surface area contributed by atoms with Crippen LogP contribution in [0.5, 0.6) is 0 Å². The third kappa shape index (κ3) is 3.46. The third-order valence-corrected chi connectivity index (χ3v) is 6.67. The summed E-state index contributed by atoms with van der Waals surface area (Å²) in [4.78, 5) is 5.33. The highest BCUT2D eigenvalue weighted by molar-refractivity contribution is 7.90. The molecule has 0 radical (unpaired) electrons. The number of rotatable bonds is 4. The number of hydrogen-bond donors (Lipinski definition) is 1. The largest absolute Gasteiger partial charge is 0.297 e. The molecule has 1 aromatic carbocycles. The van der Waals surface area contributed by atoms with Crippen molar-refractivity contribution >= 4 is 10.0 Å². The molecular formula is C16H22F2N2O3S. The maximum atomic E-state index is 14.2. The van der Waals surface area contributed by atoms with Gasteiger partial charge in [0.15, 0.2) is 11.6 Å². The van der Waals surface area contributed by atoms with Crippen molar-refractivity contribution < 1.29 is 22.0 Å². The first kappa shape index (κ1) is 17.7. The molecule has 0 amide bonds. The Morgan fingerprint density at radius 3 is 2.62 bits per heavy atom. The lowest BCUT2D eigenvalue weighted by Crippen LogP contribution is -2.44. The molecule has 1 aliphatic heterocycles. The summed E-state index contributed by atoms with van der Waals surface area (Å²) in [6.45, 7) is -0.0842. The van der Waals surface area contributed by atoms with Gasteiger partial charge in [-0.05, 0) is 18.9 Å². The van der Waals surface area contributed by atoms with E-state index in [0.29, 0.717) is 0 Å². The first-order valence-electron chi connectivity index (χ1n) is 8.21. The van der Waals surface area contributed by atoms with E-state index < -0.39 is 32.9 Å². The molecule has 2 atom stereocenters.